The van der Waals surface area contributed by atoms with Crippen LogP contribution >= 0.6 is 11.6 Å². The lowest BCUT2D eigenvalue weighted by molar-refractivity contribution is -0.117. The van der Waals surface area contributed by atoms with Crippen LogP contribution in [0.1, 0.15) is 48.7 Å². The second-order valence-electron chi connectivity index (χ2n) is 6.85. The summed E-state index contributed by atoms with van der Waals surface area (Å²) in [7, 11) is 1.62. The fourth-order valence-electron chi connectivity index (χ4n) is 3.45. The predicted octanol–water partition coefficient (Wildman–Crippen LogP) is 3.72. The number of Topliss-reactive ketones (excluding diaryl/α,β-unsaturated/α-hetero) is 1. The quantitative estimate of drug-likeness (QED) is 0.619. The maximum absolute atomic E-state index is 11.7. The summed E-state index contributed by atoms with van der Waals surface area (Å²) in [6, 6.07) is 11.0. The fourth-order valence-corrected chi connectivity index (χ4v) is 3.62. The topological polar surface area (TPSA) is 82.3 Å². The molecule has 1 aromatic carbocycles. The molecule has 8 heteroatoms. The normalized spacial score (nSPS) is 15.3. The summed E-state index contributed by atoms with van der Waals surface area (Å²) in [6.07, 6.45) is 2.65. The molecule has 2 aromatic heterocycles. The Morgan fingerprint density at radius 2 is 2.10 bits per heavy atom. The lowest BCUT2D eigenvalue weighted by Gasteiger charge is -2.13. The van der Waals surface area contributed by atoms with Gasteiger partial charge in [-0.1, -0.05) is 17.7 Å². The molecule has 0 amide bonds. The average Bonchev–Trinajstić information content (AvgIpc) is 3.06. The van der Waals surface area contributed by atoms with Gasteiger partial charge in [-0.25, -0.2) is 0 Å². The Morgan fingerprint density at radius 3 is 2.83 bits per heavy atom. The van der Waals surface area contributed by atoms with Gasteiger partial charge in [0.15, 0.2) is 11.6 Å². The van der Waals surface area contributed by atoms with Gasteiger partial charge in [0.2, 0.25) is 0 Å². The molecule has 1 atom stereocenters. The van der Waals surface area contributed by atoms with Gasteiger partial charge in [-0.15, -0.1) is 10.2 Å². The molecule has 1 aliphatic rings. The predicted molar refractivity (Wildman–Crippen MR) is 110 cm³/mol. The number of pyridine rings is 1. The molecule has 0 bridgehead atoms. The fraction of sp³-hybridized carbons (Fsp3) is 0.286. The van der Waals surface area contributed by atoms with Crippen molar-refractivity contribution in [3.05, 3.63) is 70.5 Å². The summed E-state index contributed by atoms with van der Waals surface area (Å²) < 4.78 is 7.28. The number of methoxy groups -OCH3 is 1. The van der Waals surface area contributed by atoms with E-state index in [0.29, 0.717) is 41.8 Å². The Morgan fingerprint density at radius 1 is 1.24 bits per heavy atom. The van der Waals surface area contributed by atoms with Crippen LogP contribution in [0.25, 0.3) is 5.69 Å². The third-order valence-electron chi connectivity index (χ3n) is 4.74. The largest absolute Gasteiger partial charge is 0.377 e. The number of aromatic nitrogens is 4. The molecule has 0 spiro atoms. The van der Waals surface area contributed by atoms with Crippen molar-refractivity contribution >= 4 is 23.1 Å². The summed E-state index contributed by atoms with van der Waals surface area (Å²) in [5.74, 6) is 1.44. The number of rotatable bonds is 6. The second kappa shape index (κ2) is 8.23. The molecule has 0 saturated carbocycles. The van der Waals surface area contributed by atoms with Crippen LogP contribution in [0.2, 0.25) is 5.02 Å². The van der Waals surface area contributed by atoms with Gasteiger partial charge in [0.05, 0.1) is 17.1 Å². The Labute approximate surface area is 173 Å². The number of nitrogens with zero attached hydrogens (tertiary/aromatic N) is 5. The molecule has 148 valence electrons. The number of hydrogen-bond acceptors (Lipinski definition) is 6. The van der Waals surface area contributed by atoms with E-state index >= 15 is 0 Å². The molecular formula is C21H20ClN5O2. The van der Waals surface area contributed by atoms with Crippen LogP contribution in [0.3, 0.4) is 0 Å². The molecule has 0 N–H and O–H groups in total. The van der Waals surface area contributed by atoms with E-state index in [1.807, 2.05) is 41.0 Å². The number of carbonyl (C=O) groups excluding carboxylic acids is 1. The maximum Gasteiger partial charge on any atom is 0.163 e. The van der Waals surface area contributed by atoms with Crippen LogP contribution < -0.4 is 0 Å². The van der Waals surface area contributed by atoms with Crippen molar-refractivity contribution in [3.63, 3.8) is 0 Å². The summed E-state index contributed by atoms with van der Waals surface area (Å²) in [5, 5.41) is 9.31. The second-order valence-corrected chi connectivity index (χ2v) is 7.29. The van der Waals surface area contributed by atoms with Gasteiger partial charge in [-0.2, -0.15) is 0 Å². The molecule has 29 heavy (non-hydrogen) atoms. The monoisotopic (exact) mass is 409 g/mol. The molecular weight excluding hydrogens is 390 g/mol. The van der Waals surface area contributed by atoms with E-state index < -0.39 is 0 Å². The van der Waals surface area contributed by atoms with Crippen molar-refractivity contribution in [3.8, 4) is 5.69 Å². The first kappa shape index (κ1) is 19.4. The molecule has 0 radical (unpaired) electrons. The molecule has 4 rings (SSSR count). The molecule has 3 heterocycles. The van der Waals surface area contributed by atoms with E-state index in [1.165, 1.54) is 0 Å². The molecule has 1 aliphatic heterocycles. The first-order valence-corrected chi connectivity index (χ1v) is 9.68. The lowest BCUT2D eigenvalue weighted by Crippen LogP contribution is -2.11. The zero-order chi connectivity index (χ0) is 20.4. The Balaban J connectivity index is 1.97. The Hall–Kier alpha value is -2.90. The first-order chi connectivity index (χ1) is 14.1. The number of benzene rings is 1. The van der Waals surface area contributed by atoms with Gasteiger partial charge >= 0.3 is 0 Å². The summed E-state index contributed by atoms with van der Waals surface area (Å²) in [5.41, 5.74) is 3.14. The Bertz CT molecular complexity index is 1080. The number of hydrogen-bond donors (Lipinski definition) is 0. The standard InChI is InChI=1S/C21H20ClN5O2/c1-13(28)6-8-17-21-26-25-19(12-29-2)27(21)18-9-7-14(22)11-15(18)20(24-17)16-5-3-4-10-23-16/h3-5,7,9-11,17H,6,8,12H2,1-2H3/t17-/m0/s1. The Kier molecular flexibility index (Phi) is 5.51. The molecule has 0 unspecified atom stereocenters. The molecule has 0 fully saturated rings. The molecule has 0 saturated heterocycles. The number of aliphatic imine (C=N–C) groups is 1. The number of ether oxygens (including phenoxy) is 1. The molecule has 7 nitrogen and oxygen atoms in total. The van der Waals surface area contributed by atoms with E-state index in [-0.39, 0.29) is 11.8 Å². The third-order valence-corrected chi connectivity index (χ3v) is 4.98. The van der Waals surface area contributed by atoms with Gasteiger partial charge in [-0.3, -0.25) is 14.5 Å². The highest BCUT2D eigenvalue weighted by Crippen LogP contribution is 2.34. The van der Waals surface area contributed by atoms with Crippen LogP contribution in [0.4, 0.5) is 0 Å². The van der Waals surface area contributed by atoms with Crippen molar-refractivity contribution in [2.75, 3.05) is 7.11 Å². The SMILES string of the molecule is COCc1nnc2n1-c1ccc(Cl)cc1C(c1ccccn1)=N[C@H]2CCC(C)=O. The summed E-state index contributed by atoms with van der Waals surface area (Å²) in [4.78, 5) is 21.2. The zero-order valence-electron chi connectivity index (χ0n) is 16.2. The van der Waals surface area contributed by atoms with E-state index in [4.69, 9.17) is 21.3 Å². The third kappa shape index (κ3) is 3.83. The van der Waals surface area contributed by atoms with Gasteiger partial charge in [0, 0.05) is 30.3 Å². The minimum absolute atomic E-state index is 0.104. The first-order valence-electron chi connectivity index (χ1n) is 9.30. The number of ketones is 1. The van der Waals surface area contributed by atoms with Gasteiger partial charge in [-0.05, 0) is 43.7 Å². The average molecular weight is 410 g/mol. The van der Waals surface area contributed by atoms with Crippen LogP contribution in [-0.2, 0) is 16.1 Å². The van der Waals surface area contributed by atoms with E-state index in [2.05, 4.69) is 15.2 Å². The highest BCUT2D eigenvalue weighted by molar-refractivity contribution is 6.31. The summed E-state index contributed by atoms with van der Waals surface area (Å²) >= 11 is 6.34. The molecule has 3 aromatic rings. The van der Waals surface area contributed by atoms with Crippen LogP contribution in [-0.4, -0.2) is 38.4 Å². The minimum Gasteiger partial charge on any atom is -0.377 e. The minimum atomic E-state index is -0.347. The highest BCUT2D eigenvalue weighted by atomic mass is 35.5. The smallest absolute Gasteiger partial charge is 0.163 e. The van der Waals surface area contributed by atoms with Crippen molar-refractivity contribution in [2.24, 2.45) is 4.99 Å². The van der Waals surface area contributed by atoms with E-state index in [0.717, 1.165) is 16.9 Å². The van der Waals surface area contributed by atoms with Crippen molar-refractivity contribution in [1.29, 1.82) is 0 Å². The van der Waals surface area contributed by atoms with Crippen molar-refractivity contribution in [1.82, 2.24) is 19.7 Å². The van der Waals surface area contributed by atoms with Gasteiger partial charge < -0.3 is 9.53 Å². The van der Waals surface area contributed by atoms with Gasteiger partial charge in [0.25, 0.3) is 0 Å². The van der Waals surface area contributed by atoms with E-state index in [1.54, 1.807) is 20.2 Å². The van der Waals surface area contributed by atoms with Gasteiger partial charge in [0.1, 0.15) is 18.4 Å². The number of carbonyl (C=O) groups is 1. The maximum atomic E-state index is 11.7. The van der Waals surface area contributed by atoms with Crippen LogP contribution in [0, 0.1) is 0 Å². The van der Waals surface area contributed by atoms with E-state index in [9.17, 15) is 4.79 Å². The van der Waals surface area contributed by atoms with Crippen molar-refractivity contribution < 1.29 is 9.53 Å². The van der Waals surface area contributed by atoms with Crippen molar-refractivity contribution in [2.45, 2.75) is 32.4 Å². The zero-order valence-corrected chi connectivity index (χ0v) is 16.9. The molecule has 0 aliphatic carbocycles. The highest BCUT2D eigenvalue weighted by Gasteiger charge is 2.29. The van der Waals surface area contributed by atoms with Crippen LogP contribution in [0.15, 0.2) is 47.6 Å². The van der Waals surface area contributed by atoms with Crippen LogP contribution in [0.5, 0.6) is 0 Å². The number of fused-ring (bicyclic) bond motifs is 3. The number of halogens is 1. The lowest BCUT2D eigenvalue weighted by atomic mass is 10.0. The summed E-state index contributed by atoms with van der Waals surface area (Å²) in [6.45, 7) is 1.88.